The smallest absolute Gasteiger partial charge is 0.230 e. The first kappa shape index (κ1) is 18.0. The topological polar surface area (TPSA) is 47.6 Å². The lowest BCUT2D eigenvalue weighted by atomic mass is 9.89. The molecule has 0 radical (unpaired) electrons. The summed E-state index contributed by atoms with van der Waals surface area (Å²) < 4.78 is 10.7. The fourth-order valence-electron chi connectivity index (χ4n) is 2.76. The molecule has 2 rings (SSSR count). The van der Waals surface area contributed by atoms with E-state index < -0.39 is 0 Å². The van der Waals surface area contributed by atoms with E-state index in [4.69, 9.17) is 9.47 Å². The monoisotopic (exact) mass is 337 g/mol. The van der Waals surface area contributed by atoms with Gasteiger partial charge in [-0.15, -0.1) is 11.8 Å². The molecule has 1 saturated carbocycles. The first-order valence-corrected chi connectivity index (χ1v) is 9.54. The Hall–Kier alpha value is -1.36. The third kappa shape index (κ3) is 7.16. The second-order valence-corrected chi connectivity index (χ2v) is 6.99. The highest BCUT2D eigenvalue weighted by Crippen LogP contribution is 2.22. The predicted octanol–water partition coefficient (Wildman–Crippen LogP) is 3.50. The van der Waals surface area contributed by atoms with Gasteiger partial charge in [-0.2, -0.15) is 0 Å². The minimum absolute atomic E-state index is 0.144. The molecular weight excluding hydrogens is 310 g/mol. The predicted molar refractivity (Wildman–Crippen MR) is 95.4 cm³/mol. The average Bonchev–Trinajstić information content (AvgIpc) is 2.61. The molecule has 1 N–H and O–H groups in total. The molecule has 0 heterocycles. The van der Waals surface area contributed by atoms with Crippen molar-refractivity contribution in [2.24, 2.45) is 5.92 Å². The highest BCUT2D eigenvalue weighted by molar-refractivity contribution is 7.99. The molecule has 0 spiro atoms. The van der Waals surface area contributed by atoms with Gasteiger partial charge in [0.25, 0.3) is 0 Å². The molecule has 1 aliphatic carbocycles. The van der Waals surface area contributed by atoms with E-state index in [1.165, 1.54) is 32.1 Å². The van der Waals surface area contributed by atoms with Gasteiger partial charge in [0.1, 0.15) is 11.5 Å². The summed E-state index contributed by atoms with van der Waals surface area (Å²) in [6, 6.07) is 7.53. The van der Waals surface area contributed by atoms with Crippen LogP contribution in [0.1, 0.15) is 32.1 Å². The van der Waals surface area contributed by atoms with Crippen LogP contribution in [0.2, 0.25) is 0 Å². The van der Waals surface area contributed by atoms with Crippen LogP contribution in [0.5, 0.6) is 11.5 Å². The van der Waals surface area contributed by atoms with E-state index in [0.717, 1.165) is 23.8 Å². The van der Waals surface area contributed by atoms with Gasteiger partial charge in [-0.3, -0.25) is 4.79 Å². The number of benzene rings is 1. The van der Waals surface area contributed by atoms with Crippen LogP contribution in [0, 0.1) is 5.92 Å². The van der Waals surface area contributed by atoms with Crippen molar-refractivity contribution in [2.75, 3.05) is 31.8 Å². The highest BCUT2D eigenvalue weighted by Gasteiger charge is 2.14. The second kappa shape index (κ2) is 10.4. The number of methoxy groups -OCH3 is 1. The van der Waals surface area contributed by atoms with E-state index in [9.17, 15) is 4.79 Å². The van der Waals surface area contributed by atoms with E-state index in [-0.39, 0.29) is 5.91 Å². The van der Waals surface area contributed by atoms with Crippen molar-refractivity contribution in [1.29, 1.82) is 0 Å². The summed E-state index contributed by atoms with van der Waals surface area (Å²) in [5.41, 5.74) is 0. The van der Waals surface area contributed by atoms with Crippen molar-refractivity contribution in [3.05, 3.63) is 24.3 Å². The Morgan fingerprint density at radius 1 is 1.17 bits per heavy atom. The van der Waals surface area contributed by atoms with E-state index in [1.54, 1.807) is 18.9 Å². The SMILES string of the molecule is COc1ccc(OCCSCC(=O)NCC2CCCCC2)cc1. The first-order chi connectivity index (χ1) is 11.3. The number of carbonyl (C=O) groups excluding carboxylic acids is 1. The van der Waals surface area contributed by atoms with Crippen LogP contribution >= 0.6 is 11.8 Å². The number of rotatable bonds is 9. The molecule has 0 atom stereocenters. The van der Waals surface area contributed by atoms with Gasteiger partial charge in [0.2, 0.25) is 5.91 Å². The quantitative estimate of drug-likeness (QED) is 0.701. The van der Waals surface area contributed by atoms with Crippen LogP contribution in [0.15, 0.2) is 24.3 Å². The molecule has 0 bridgehead atoms. The van der Waals surface area contributed by atoms with Crippen molar-refractivity contribution in [3.8, 4) is 11.5 Å². The molecule has 0 saturated heterocycles. The normalized spacial score (nSPS) is 15.2. The highest BCUT2D eigenvalue weighted by atomic mass is 32.2. The van der Waals surface area contributed by atoms with Gasteiger partial charge >= 0.3 is 0 Å². The number of carbonyl (C=O) groups is 1. The van der Waals surface area contributed by atoms with Crippen molar-refractivity contribution in [3.63, 3.8) is 0 Å². The molecule has 5 heteroatoms. The minimum Gasteiger partial charge on any atom is -0.497 e. The summed E-state index contributed by atoms with van der Waals surface area (Å²) in [5.74, 6) is 3.80. The Morgan fingerprint density at radius 3 is 2.57 bits per heavy atom. The summed E-state index contributed by atoms with van der Waals surface area (Å²) in [6.45, 7) is 1.45. The second-order valence-electron chi connectivity index (χ2n) is 5.88. The zero-order valence-corrected chi connectivity index (χ0v) is 14.7. The molecule has 1 aromatic rings. The van der Waals surface area contributed by atoms with Crippen LogP contribution in [-0.2, 0) is 4.79 Å². The summed E-state index contributed by atoms with van der Waals surface area (Å²) in [5, 5.41) is 3.06. The molecule has 0 unspecified atom stereocenters. The van der Waals surface area contributed by atoms with Crippen molar-refractivity contribution in [2.45, 2.75) is 32.1 Å². The number of thioether (sulfide) groups is 1. The number of amides is 1. The van der Waals surface area contributed by atoms with E-state index in [2.05, 4.69) is 5.32 Å². The van der Waals surface area contributed by atoms with E-state index in [0.29, 0.717) is 18.3 Å². The van der Waals surface area contributed by atoms with Crippen molar-refractivity contribution < 1.29 is 14.3 Å². The Balaban J connectivity index is 1.49. The molecule has 0 aromatic heterocycles. The van der Waals surface area contributed by atoms with Gasteiger partial charge in [0, 0.05) is 12.3 Å². The molecule has 4 nitrogen and oxygen atoms in total. The summed E-state index contributed by atoms with van der Waals surface area (Å²) in [7, 11) is 1.64. The summed E-state index contributed by atoms with van der Waals surface area (Å²) >= 11 is 1.61. The zero-order valence-electron chi connectivity index (χ0n) is 13.9. The Kier molecular flexibility index (Phi) is 8.15. The van der Waals surface area contributed by atoms with Crippen molar-refractivity contribution in [1.82, 2.24) is 5.32 Å². The maximum absolute atomic E-state index is 11.8. The summed E-state index contributed by atoms with van der Waals surface area (Å²) in [4.78, 5) is 11.8. The largest absolute Gasteiger partial charge is 0.497 e. The third-order valence-corrected chi connectivity index (χ3v) is 5.02. The standard InChI is InChI=1S/C18H27NO3S/c1-21-16-7-9-17(10-8-16)22-11-12-23-14-18(20)19-13-15-5-3-2-4-6-15/h7-10,15H,2-6,11-14H2,1H3,(H,19,20). The van der Waals surface area contributed by atoms with Gasteiger partial charge < -0.3 is 14.8 Å². The first-order valence-electron chi connectivity index (χ1n) is 8.39. The van der Waals surface area contributed by atoms with Gasteiger partial charge in [0.15, 0.2) is 0 Å². The van der Waals surface area contributed by atoms with Crippen LogP contribution in [0.4, 0.5) is 0 Å². The molecule has 23 heavy (non-hydrogen) atoms. The maximum atomic E-state index is 11.8. The van der Waals surface area contributed by atoms with Gasteiger partial charge in [-0.25, -0.2) is 0 Å². The fourth-order valence-corrected chi connectivity index (χ4v) is 3.39. The van der Waals surface area contributed by atoms with Gasteiger partial charge in [-0.05, 0) is 43.0 Å². The van der Waals surface area contributed by atoms with Crippen LogP contribution in [0.25, 0.3) is 0 Å². The molecule has 1 aromatic carbocycles. The maximum Gasteiger partial charge on any atom is 0.230 e. The van der Waals surface area contributed by atoms with E-state index >= 15 is 0 Å². The molecule has 1 aliphatic rings. The number of hydrogen-bond donors (Lipinski definition) is 1. The number of hydrogen-bond acceptors (Lipinski definition) is 4. The lowest BCUT2D eigenvalue weighted by Gasteiger charge is -2.21. The third-order valence-electron chi connectivity index (χ3n) is 4.10. The molecule has 1 fully saturated rings. The molecule has 1 amide bonds. The van der Waals surface area contributed by atoms with Crippen LogP contribution < -0.4 is 14.8 Å². The Morgan fingerprint density at radius 2 is 1.87 bits per heavy atom. The van der Waals surface area contributed by atoms with E-state index in [1.807, 2.05) is 24.3 Å². The van der Waals surface area contributed by atoms with Crippen LogP contribution in [0.3, 0.4) is 0 Å². The number of nitrogens with one attached hydrogen (secondary N) is 1. The number of ether oxygens (including phenoxy) is 2. The average molecular weight is 337 g/mol. The molecule has 128 valence electrons. The molecule has 0 aliphatic heterocycles. The van der Waals surface area contributed by atoms with Gasteiger partial charge in [0.05, 0.1) is 19.5 Å². The summed E-state index contributed by atoms with van der Waals surface area (Å²) in [6.07, 6.45) is 6.52. The Bertz CT molecular complexity index is 458. The fraction of sp³-hybridized carbons (Fsp3) is 0.611. The van der Waals surface area contributed by atoms with Crippen LogP contribution in [-0.4, -0.2) is 37.7 Å². The zero-order chi connectivity index (χ0) is 16.3. The Labute approximate surface area is 143 Å². The van der Waals surface area contributed by atoms with Gasteiger partial charge in [-0.1, -0.05) is 19.3 Å². The van der Waals surface area contributed by atoms with Crippen molar-refractivity contribution >= 4 is 17.7 Å². The minimum atomic E-state index is 0.144. The lowest BCUT2D eigenvalue weighted by molar-refractivity contribution is -0.118. The molecular formula is C18H27NO3S. The lowest BCUT2D eigenvalue weighted by Crippen LogP contribution is -2.31.